The van der Waals surface area contributed by atoms with Crippen LogP contribution in [0, 0.1) is 10.1 Å². The van der Waals surface area contributed by atoms with Crippen molar-refractivity contribution in [2.75, 3.05) is 24.1 Å². The van der Waals surface area contributed by atoms with Gasteiger partial charge in [-0.05, 0) is 26.8 Å². The molecule has 0 fully saturated rings. The molecule has 1 atom stereocenters. The van der Waals surface area contributed by atoms with Gasteiger partial charge < -0.3 is 16.0 Å². The number of amides is 1. The number of rotatable bonds is 6. The molecule has 1 unspecified atom stereocenters. The van der Waals surface area contributed by atoms with Crippen LogP contribution in [-0.4, -0.2) is 34.9 Å². The van der Waals surface area contributed by atoms with Gasteiger partial charge in [-0.3, -0.25) is 14.9 Å². The zero-order valence-electron chi connectivity index (χ0n) is 11.9. The Balaban J connectivity index is 2.83. The number of nitrogens with zero attached hydrogens (tertiary/aromatic N) is 2. The number of carbonyl (C=O) groups is 1. The lowest BCUT2D eigenvalue weighted by atomic mass is 10.2. The van der Waals surface area contributed by atoms with Gasteiger partial charge in [0.25, 0.3) is 5.69 Å². The standard InChI is InChI=1S/C13H20N4O3/c1-4-16(5-2)13(18)9(3)15-12-7-6-10(17(19)20)8-11(12)14/h6-9,15H,4-5,14H2,1-3H3. The van der Waals surface area contributed by atoms with Crippen LogP contribution in [0.25, 0.3) is 0 Å². The molecule has 1 aromatic carbocycles. The van der Waals surface area contributed by atoms with Gasteiger partial charge in [-0.25, -0.2) is 0 Å². The summed E-state index contributed by atoms with van der Waals surface area (Å²) in [4.78, 5) is 23.9. The second-order valence-electron chi connectivity index (χ2n) is 4.41. The van der Waals surface area contributed by atoms with E-state index in [9.17, 15) is 14.9 Å². The Morgan fingerprint density at radius 2 is 2.05 bits per heavy atom. The molecule has 1 aromatic rings. The van der Waals surface area contributed by atoms with Crippen molar-refractivity contribution in [1.82, 2.24) is 4.90 Å². The summed E-state index contributed by atoms with van der Waals surface area (Å²) in [6, 6.07) is 3.70. The van der Waals surface area contributed by atoms with E-state index in [1.54, 1.807) is 11.8 Å². The summed E-state index contributed by atoms with van der Waals surface area (Å²) in [6.45, 7) is 6.83. The quantitative estimate of drug-likeness (QED) is 0.470. The highest BCUT2D eigenvalue weighted by atomic mass is 16.6. The summed E-state index contributed by atoms with van der Waals surface area (Å²) < 4.78 is 0. The fourth-order valence-electron chi connectivity index (χ4n) is 1.90. The third-order valence-electron chi connectivity index (χ3n) is 3.06. The van der Waals surface area contributed by atoms with Crippen LogP contribution in [0.2, 0.25) is 0 Å². The van der Waals surface area contributed by atoms with E-state index in [1.165, 1.54) is 18.2 Å². The van der Waals surface area contributed by atoms with Crippen LogP contribution in [0.5, 0.6) is 0 Å². The number of nitro benzene ring substituents is 1. The van der Waals surface area contributed by atoms with Gasteiger partial charge in [0.05, 0.1) is 16.3 Å². The highest BCUT2D eigenvalue weighted by Gasteiger charge is 2.19. The largest absolute Gasteiger partial charge is 0.397 e. The Morgan fingerprint density at radius 3 is 2.50 bits per heavy atom. The van der Waals surface area contributed by atoms with Crippen molar-refractivity contribution < 1.29 is 9.72 Å². The van der Waals surface area contributed by atoms with Gasteiger partial charge >= 0.3 is 0 Å². The molecule has 0 spiro atoms. The van der Waals surface area contributed by atoms with Crippen molar-refractivity contribution in [1.29, 1.82) is 0 Å². The number of non-ortho nitro benzene ring substituents is 1. The molecule has 1 amide bonds. The lowest BCUT2D eigenvalue weighted by Gasteiger charge is -2.24. The van der Waals surface area contributed by atoms with Gasteiger partial charge in [0.1, 0.15) is 6.04 Å². The van der Waals surface area contributed by atoms with E-state index >= 15 is 0 Å². The minimum Gasteiger partial charge on any atom is -0.397 e. The maximum atomic E-state index is 12.1. The Bertz CT molecular complexity index is 500. The highest BCUT2D eigenvalue weighted by molar-refractivity contribution is 5.85. The first kappa shape index (κ1) is 15.7. The van der Waals surface area contributed by atoms with Crippen LogP contribution in [0.4, 0.5) is 17.1 Å². The summed E-state index contributed by atoms with van der Waals surface area (Å²) in [5.41, 5.74) is 6.45. The zero-order valence-corrected chi connectivity index (χ0v) is 11.9. The predicted molar refractivity (Wildman–Crippen MR) is 78.5 cm³/mol. The minimum absolute atomic E-state index is 0.0345. The first-order valence-electron chi connectivity index (χ1n) is 6.49. The van der Waals surface area contributed by atoms with E-state index in [0.717, 1.165) is 0 Å². The number of anilines is 2. The van der Waals surface area contributed by atoms with Gasteiger partial charge in [-0.15, -0.1) is 0 Å². The smallest absolute Gasteiger partial charge is 0.271 e. The lowest BCUT2D eigenvalue weighted by Crippen LogP contribution is -2.41. The van der Waals surface area contributed by atoms with Gasteiger partial charge in [0.15, 0.2) is 0 Å². The first-order chi connectivity index (χ1) is 9.40. The van der Waals surface area contributed by atoms with Crippen molar-refractivity contribution >= 4 is 23.0 Å². The molecule has 0 radical (unpaired) electrons. The molecule has 0 aliphatic heterocycles. The van der Waals surface area contributed by atoms with Crippen LogP contribution in [0.3, 0.4) is 0 Å². The molecule has 0 saturated carbocycles. The zero-order chi connectivity index (χ0) is 15.3. The summed E-state index contributed by atoms with van der Waals surface area (Å²) in [6.07, 6.45) is 0. The van der Waals surface area contributed by atoms with E-state index in [2.05, 4.69) is 5.32 Å². The van der Waals surface area contributed by atoms with Gasteiger partial charge in [0.2, 0.25) is 5.91 Å². The molecule has 0 saturated heterocycles. The average molecular weight is 280 g/mol. The number of nitro groups is 1. The van der Waals surface area contributed by atoms with E-state index in [4.69, 9.17) is 5.73 Å². The van der Waals surface area contributed by atoms with E-state index < -0.39 is 11.0 Å². The second kappa shape index (κ2) is 6.74. The molecule has 0 aliphatic carbocycles. The fourth-order valence-corrected chi connectivity index (χ4v) is 1.90. The molecule has 20 heavy (non-hydrogen) atoms. The van der Waals surface area contributed by atoms with E-state index in [-0.39, 0.29) is 17.3 Å². The molecular formula is C13H20N4O3. The van der Waals surface area contributed by atoms with Crippen LogP contribution >= 0.6 is 0 Å². The van der Waals surface area contributed by atoms with Gasteiger partial charge in [-0.1, -0.05) is 0 Å². The van der Waals surface area contributed by atoms with Crippen molar-refractivity contribution in [2.24, 2.45) is 0 Å². The first-order valence-corrected chi connectivity index (χ1v) is 6.49. The van der Waals surface area contributed by atoms with Crippen molar-refractivity contribution in [2.45, 2.75) is 26.8 Å². The molecule has 0 heterocycles. The topological polar surface area (TPSA) is 102 Å². The molecular weight excluding hydrogens is 260 g/mol. The van der Waals surface area contributed by atoms with Gasteiger partial charge in [-0.2, -0.15) is 0 Å². The Hall–Kier alpha value is -2.31. The number of carbonyl (C=O) groups excluding carboxylic acids is 1. The summed E-state index contributed by atoms with van der Waals surface area (Å²) in [5, 5.41) is 13.6. The average Bonchev–Trinajstić information content (AvgIpc) is 2.41. The van der Waals surface area contributed by atoms with Crippen LogP contribution in [0.1, 0.15) is 20.8 Å². The van der Waals surface area contributed by atoms with Crippen LogP contribution < -0.4 is 11.1 Å². The van der Waals surface area contributed by atoms with E-state index in [0.29, 0.717) is 18.8 Å². The maximum absolute atomic E-state index is 12.1. The number of benzene rings is 1. The Kier molecular flexibility index (Phi) is 5.31. The maximum Gasteiger partial charge on any atom is 0.271 e. The van der Waals surface area contributed by atoms with Crippen molar-refractivity contribution in [3.05, 3.63) is 28.3 Å². The molecule has 3 N–H and O–H groups in total. The molecule has 7 nitrogen and oxygen atoms in total. The number of nitrogens with one attached hydrogen (secondary N) is 1. The third-order valence-corrected chi connectivity index (χ3v) is 3.06. The molecule has 1 rings (SSSR count). The van der Waals surface area contributed by atoms with Crippen LogP contribution in [0.15, 0.2) is 18.2 Å². The normalized spacial score (nSPS) is 11.8. The molecule has 0 aliphatic rings. The van der Waals surface area contributed by atoms with E-state index in [1.807, 2.05) is 13.8 Å². The predicted octanol–water partition coefficient (Wildman–Crippen LogP) is 1.85. The number of nitrogen functional groups attached to an aromatic ring is 1. The third kappa shape index (κ3) is 3.59. The van der Waals surface area contributed by atoms with Gasteiger partial charge in [0, 0.05) is 25.2 Å². The monoisotopic (exact) mass is 280 g/mol. The number of hydrogen-bond donors (Lipinski definition) is 2. The molecule has 110 valence electrons. The Labute approximate surface area is 117 Å². The highest BCUT2D eigenvalue weighted by Crippen LogP contribution is 2.24. The summed E-state index contributed by atoms with van der Waals surface area (Å²) in [5.74, 6) is -0.0345. The van der Waals surface area contributed by atoms with Crippen molar-refractivity contribution in [3.8, 4) is 0 Å². The fraction of sp³-hybridized carbons (Fsp3) is 0.462. The summed E-state index contributed by atoms with van der Waals surface area (Å²) >= 11 is 0. The lowest BCUT2D eigenvalue weighted by molar-refractivity contribution is -0.384. The molecule has 0 aromatic heterocycles. The van der Waals surface area contributed by atoms with Crippen LogP contribution in [-0.2, 0) is 4.79 Å². The minimum atomic E-state index is -0.509. The number of nitrogens with two attached hydrogens (primary N) is 1. The molecule has 0 bridgehead atoms. The SMILES string of the molecule is CCN(CC)C(=O)C(C)Nc1ccc([N+](=O)[O-])cc1N. The second-order valence-corrected chi connectivity index (χ2v) is 4.41. The number of likely N-dealkylation sites (N-methyl/N-ethyl adjacent to an activating group) is 1. The summed E-state index contributed by atoms with van der Waals surface area (Å²) in [7, 11) is 0. The molecule has 7 heteroatoms. The van der Waals surface area contributed by atoms with Crippen molar-refractivity contribution in [3.63, 3.8) is 0 Å². The Morgan fingerprint density at radius 1 is 1.45 bits per heavy atom. The number of hydrogen-bond acceptors (Lipinski definition) is 5.